The number of carbonyl (C=O) groups excluding carboxylic acids is 1. The monoisotopic (exact) mass is 297 g/mol. The van der Waals surface area contributed by atoms with Gasteiger partial charge in [-0.2, -0.15) is 0 Å². The molecule has 0 bridgehead atoms. The van der Waals surface area contributed by atoms with Crippen molar-refractivity contribution in [1.29, 1.82) is 0 Å². The van der Waals surface area contributed by atoms with Crippen molar-refractivity contribution in [3.8, 4) is 11.5 Å². The van der Waals surface area contributed by atoms with Crippen LogP contribution in [0.1, 0.15) is 32.1 Å². The lowest BCUT2D eigenvalue weighted by Crippen LogP contribution is -2.24. The predicted molar refractivity (Wildman–Crippen MR) is 79.8 cm³/mol. The third kappa shape index (κ3) is 3.37. The molecular weight excluding hydrogens is 278 g/mol. The molecular formula is C15H20ClNO3. The van der Waals surface area contributed by atoms with Crippen molar-refractivity contribution < 1.29 is 14.3 Å². The predicted octanol–water partition coefficient (Wildman–Crippen LogP) is 3.88. The van der Waals surface area contributed by atoms with Gasteiger partial charge in [0.2, 0.25) is 5.91 Å². The van der Waals surface area contributed by atoms with Crippen molar-refractivity contribution in [2.45, 2.75) is 32.1 Å². The van der Waals surface area contributed by atoms with Crippen LogP contribution < -0.4 is 14.8 Å². The first-order valence-corrected chi connectivity index (χ1v) is 7.26. The van der Waals surface area contributed by atoms with Crippen LogP contribution in [0.5, 0.6) is 11.5 Å². The van der Waals surface area contributed by atoms with Crippen LogP contribution in [0.3, 0.4) is 0 Å². The normalized spacial score (nSPS) is 15.8. The zero-order chi connectivity index (χ0) is 14.5. The fraction of sp³-hybridized carbons (Fsp3) is 0.533. The average Bonchev–Trinajstić information content (AvgIpc) is 2.49. The number of halogens is 1. The first-order chi connectivity index (χ1) is 9.65. The summed E-state index contributed by atoms with van der Waals surface area (Å²) in [6, 6.07) is 3.35. The van der Waals surface area contributed by atoms with Crippen LogP contribution in [0.2, 0.25) is 5.02 Å². The second-order valence-corrected chi connectivity index (χ2v) is 5.42. The van der Waals surface area contributed by atoms with Gasteiger partial charge in [0.05, 0.1) is 24.9 Å². The van der Waals surface area contributed by atoms with E-state index in [1.165, 1.54) is 6.42 Å². The van der Waals surface area contributed by atoms with Crippen molar-refractivity contribution in [2.75, 3.05) is 19.5 Å². The topological polar surface area (TPSA) is 47.6 Å². The van der Waals surface area contributed by atoms with E-state index in [-0.39, 0.29) is 11.8 Å². The highest BCUT2D eigenvalue weighted by Crippen LogP contribution is 2.36. The van der Waals surface area contributed by atoms with Gasteiger partial charge in [-0.15, -0.1) is 0 Å². The second kappa shape index (κ2) is 6.84. The number of benzene rings is 1. The minimum absolute atomic E-state index is 0.0406. The highest BCUT2D eigenvalue weighted by atomic mass is 35.5. The van der Waals surface area contributed by atoms with Gasteiger partial charge in [0, 0.05) is 18.1 Å². The molecule has 4 nitrogen and oxygen atoms in total. The van der Waals surface area contributed by atoms with Crippen LogP contribution in [-0.2, 0) is 4.79 Å². The van der Waals surface area contributed by atoms with Gasteiger partial charge in [-0.05, 0) is 12.8 Å². The van der Waals surface area contributed by atoms with Crippen molar-refractivity contribution in [3.63, 3.8) is 0 Å². The summed E-state index contributed by atoms with van der Waals surface area (Å²) < 4.78 is 10.4. The highest BCUT2D eigenvalue weighted by molar-refractivity contribution is 6.34. The SMILES string of the molecule is COc1cc(Cl)c(NC(=O)C2CCCCC2)cc1OC. The Labute approximate surface area is 124 Å². The van der Waals surface area contributed by atoms with Crippen LogP contribution in [0.15, 0.2) is 12.1 Å². The fourth-order valence-corrected chi connectivity index (χ4v) is 2.75. The average molecular weight is 298 g/mol. The molecule has 2 rings (SSSR count). The standard InChI is InChI=1S/C15H20ClNO3/c1-19-13-8-11(16)12(9-14(13)20-2)17-15(18)10-6-4-3-5-7-10/h8-10H,3-7H2,1-2H3,(H,17,18). The van der Waals surface area contributed by atoms with Crippen LogP contribution in [0.4, 0.5) is 5.69 Å². The Kier molecular flexibility index (Phi) is 5.12. The molecule has 0 unspecified atom stereocenters. The van der Waals surface area contributed by atoms with E-state index in [0.717, 1.165) is 25.7 Å². The number of carbonyl (C=O) groups is 1. The summed E-state index contributed by atoms with van der Waals surface area (Å²) in [5.41, 5.74) is 0.569. The van der Waals surface area contributed by atoms with Crippen molar-refractivity contribution in [3.05, 3.63) is 17.2 Å². The molecule has 1 saturated carbocycles. The Balaban J connectivity index is 2.13. The summed E-state index contributed by atoms with van der Waals surface area (Å²) in [7, 11) is 3.10. The quantitative estimate of drug-likeness (QED) is 0.917. The van der Waals surface area contributed by atoms with Gasteiger partial charge in [-0.3, -0.25) is 4.79 Å². The number of hydrogen-bond donors (Lipinski definition) is 1. The molecule has 0 spiro atoms. The molecule has 0 heterocycles. The first kappa shape index (κ1) is 15.0. The summed E-state index contributed by atoms with van der Waals surface area (Å²) in [5, 5.41) is 3.35. The van der Waals surface area contributed by atoms with E-state index in [4.69, 9.17) is 21.1 Å². The van der Waals surface area contributed by atoms with Gasteiger partial charge in [0.15, 0.2) is 11.5 Å². The summed E-state index contributed by atoms with van der Waals surface area (Å²) in [6.07, 6.45) is 5.38. The molecule has 0 aliphatic heterocycles. The summed E-state index contributed by atoms with van der Waals surface area (Å²) in [6.45, 7) is 0. The zero-order valence-electron chi connectivity index (χ0n) is 11.9. The molecule has 1 fully saturated rings. The molecule has 0 atom stereocenters. The van der Waals surface area contributed by atoms with E-state index in [2.05, 4.69) is 5.32 Å². The molecule has 0 radical (unpaired) electrons. The zero-order valence-corrected chi connectivity index (χ0v) is 12.6. The first-order valence-electron chi connectivity index (χ1n) is 6.88. The van der Waals surface area contributed by atoms with E-state index >= 15 is 0 Å². The third-order valence-corrected chi connectivity index (χ3v) is 4.02. The lowest BCUT2D eigenvalue weighted by Gasteiger charge is -2.21. The van der Waals surface area contributed by atoms with Crippen LogP contribution >= 0.6 is 11.6 Å². The largest absolute Gasteiger partial charge is 0.493 e. The summed E-state index contributed by atoms with van der Waals surface area (Å²) >= 11 is 6.17. The molecule has 5 heteroatoms. The molecule has 110 valence electrons. The number of amides is 1. The molecule has 20 heavy (non-hydrogen) atoms. The summed E-state index contributed by atoms with van der Waals surface area (Å²) in [4.78, 5) is 12.2. The lowest BCUT2D eigenvalue weighted by molar-refractivity contribution is -0.120. The molecule has 1 aromatic carbocycles. The second-order valence-electron chi connectivity index (χ2n) is 5.01. The van der Waals surface area contributed by atoms with Crippen molar-refractivity contribution in [2.24, 2.45) is 5.92 Å². The highest BCUT2D eigenvalue weighted by Gasteiger charge is 2.22. The number of methoxy groups -OCH3 is 2. The Morgan fingerprint density at radius 2 is 1.75 bits per heavy atom. The van der Waals surface area contributed by atoms with Gasteiger partial charge in [-0.1, -0.05) is 30.9 Å². The van der Waals surface area contributed by atoms with E-state index in [1.807, 2.05) is 0 Å². The summed E-state index contributed by atoms with van der Waals surface area (Å²) in [5.74, 6) is 1.23. The minimum atomic E-state index is 0.0406. The molecule has 1 aromatic rings. The van der Waals surface area contributed by atoms with E-state index in [0.29, 0.717) is 22.2 Å². The molecule has 1 N–H and O–H groups in total. The smallest absolute Gasteiger partial charge is 0.227 e. The van der Waals surface area contributed by atoms with Gasteiger partial charge >= 0.3 is 0 Å². The van der Waals surface area contributed by atoms with Gasteiger partial charge < -0.3 is 14.8 Å². The van der Waals surface area contributed by atoms with Gasteiger partial charge in [-0.25, -0.2) is 0 Å². The number of anilines is 1. The minimum Gasteiger partial charge on any atom is -0.493 e. The van der Waals surface area contributed by atoms with Gasteiger partial charge in [0.25, 0.3) is 0 Å². The molecule has 0 aromatic heterocycles. The van der Waals surface area contributed by atoms with E-state index in [9.17, 15) is 4.79 Å². The number of nitrogens with one attached hydrogen (secondary N) is 1. The number of rotatable bonds is 4. The maximum absolute atomic E-state index is 12.2. The Morgan fingerprint density at radius 1 is 1.15 bits per heavy atom. The molecule has 1 aliphatic carbocycles. The third-order valence-electron chi connectivity index (χ3n) is 3.71. The van der Waals surface area contributed by atoms with Crippen molar-refractivity contribution >= 4 is 23.2 Å². The van der Waals surface area contributed by atoms with Crippen molar-refractivity contribution in [1.82, 2.24) is 0 Å². The van der Waals surface area contributed by atoms with Crippen LogP contribution in [-0.4, -0.2) is 20.1 Å². The molecule has 1 amide bonds. The Bertz CT molecular complexity index is 484. The maximum atomic E-state index is 12.2. The number of ether oxygens (including phenoxy) is 2. The van der Waals surface area contributed by atoms with Gasteiger partial charge in [0.1, 0.15) is 0 Å². The maximum Gasteiger partial charge on any atom is 0.227 e. The van der Waals surface area contributed by atoms with E-state index < -0.39 is 0 Å². The van der Waals surface area contributed by atoms with Crippen LogP contribution in [0.25, 0.3) is 0 Å². The molecule has 1 aliphatic rings. The Hall–Kier alpha value is -1.42. The number of hydrogen-bond acceptors (Lipinski definition) is 3. The van der Waals surface area contributed by atoms with Crippen LogP contribution in [0, 0.1) is 5.92 Å². The fourth-order valence-electron chi connectivity index (χ4n) is 2.55. The lowest BCUT2D eigenvalue weighted by atomic mass is 9.88. The molecule has 0 saturated heterocycles. The van der Waals surface area contributed by atoms with E-state index in [1.54, 1.807) is 26.4 Å². The Morgan fingerprint density at radius 3 is 2.35 bits per heavy atom.